The molecule has 0 atom stereocenters. The van der Waals surface area contributed by atoms with Gasteiger partial charge in [-0.2, -0.15) is 0 Å². The Kier molecular flexibility index (Phi) is 3.20. The molecule has 0 radical (unpaired) electrons. The third-order valence-electron chi connectivity index (χ3n) is 2.65. The van der Waals surface area contributed by atoms with Crippen molar-refractivity contribution >= 4 is 11.8 Å². The van der Waals surface area contributed by atoms with E-state index in [-0.39, 0.29) is 22.4 Å². The molecule has 3 N–H and O–H groups in total. The predicted molar refractivity (Wildman–Crippen MR) is 66.6 cm³/mol. The van der Waals surface area contributed by atoms with Crippen molar-refractivity contribution in [2.75, 3.05) is 0 Å². The lowest BCUT2D eigenvalue weighted by atomic mass is 10.0. The zero-order chi connectivity index (χ0) is 14.0. The summed E-state index contributed by atoms with van der Waals surface area (Å²) in [5, 5.41) is 27.7. The molecule has 0 amide bonds. The van der Waals surface area contributed by atoms with Crippen molar-refractivity contribution in [3.8, 4) is 11.5 Å². The number of phenols is 2. The molecule has 2 aromatic carbocycles. The first-order valence-electron chi connectivity index (χ1n) is 5.39. The Hall–Kier alpha value is -2.82. The van der Waals surface area contributed by atoms with E-state index in [2.05, 4.69) is 0 Å². The lowest BCUT2D eigenvalue weighted by molar-refractivity contribution is 0.0696. The van der Waals surface area contributed by atoms with Gasteiger partial charge in [0.05, 0.1) is 11.1 Å². The van der Waals surface area contributed by atoms with E-state index >= 15 is 0 Å². The summed E-state index contributed by atoms with van der Waals surface area (Å²) in [6, 6.07) is 9.39. The molecule has 0 bridgehead atoms. The molecule has 0 spiro atoms. The zero-order valence-electron chi connectivity index (χ0n) is 9.70. The van der Waals surface area contributed by atoms with Gasteiger partial charge in [-0.25, -0.2) is 4.79 Å². The van der Waals surface area contributed by atoms with Crippen molar-refractivity contribution in [3.05, 3.63) is 59.2 Å². The highest BCUT2D eigenvalue weighted by atomic mass is 16.4. The molecule has 0 aliphatic carbocycles. The van der Waals surface area contributed by atoms with Gasteiger partial charge in [-0.15, -0.1) is 0 Å². The monoisotopic (exact) mass is 258 g/mol. The average Bonchev–Trinajstić information content (AvgIpc) is 2.41. The Bertz CT molecular complexity index is 643. The third-order valence-corrected chi connectivity index (χ3v) is 2.65. The van der Waals surface area contributed by atoms with Crippen molar-refractivity contribution < 1.29 is 24.9 Å². The minimum Gasteiger partial charge on any atom is -0.504 e. The molecule has 19 heavy (non-hydrogen) atoms. The lowest BCUT2D eigenvalue weighted by Gasteiger charge is -2.05. The standard InChI is InChI=1S/C14H10O5/c15-11-3-1-2-10(13(11)17)12(16)8-4-6-9(7-5-8)14(18)19/h1-7,15,17H,(H,18,19). The SMILES string of the molecule is O=C(O)c1ccc(C(=O)c2cccc(O)c2O)cc1. The van der Waals surface area contributed by atoms with Gasteiger partial charge in [0.25, 0.3) is 0 Å². The number of carbonyl (C=O) groups is 2. The second-order valence-electron chi connectivity index (χ2n) is 3.88. The Morgan fingerprint density at radius 1 is 0.842 bits per heavy atom. The average molecular weight is 258 g/mol. The van der Waals surface area contributed by atoms with Crippen molar-refractivity contribution in [3.63, 3.8) is 0 Å². The summed E-state index contributed by atoms with van der Waals surface area (Å²) in [5.41, 5.74) is 0.255. The van der Waals surface area contributed by atoms with E-state index in [1.165, 1.54) is 42.5 Å². The van der Waals surface area contributed by atoms with Crippen LogP contribution in [0, 0.1) is 0 Å². The maximum Gasteiger partial charge on any atom is 0.335 e. The van der Waals surface area contributed by atoms with Crippen LogP contribution in [0.2, 0.25) is 0 Å². The molecule has 0 fully saturated rings. The van der Waals surface area contributed by atoms with Crippen LogP contribution < -0.4 is 0 Å². The molecule has 2 aromatic rings. The van der Waals surface area contributed by atoms with Crippen LogP contribution >= 0.6 is 0 Å². The molecule has 5 heteroatoms. The van der Waals surface area contributed by atoms with Gasteiger partial charge < -0.3 is 15.3 Å². The van der Waals surface area contributed by atoms with Gasteiger partial charge in [0.1, 0.15) is 0 Å². The highest BCUT2D eigenvalue weighted by molar-refractivity contribution is 6.11. The molecule has 0 aliphatic rings. The Labute approximate surface area is 108 Å². The first kappa shape index (κ1) is 12.6. The topological polar surface area (TPSA) is 94.8 Å². The van der Waals surface area contributed by atoms with Crippen molar-refractivity contribution in [2.24, 2.45) is 0 Å². The zero-order valence-corrected chi connectivity index (χ0v) is 9.70. The number of ketones is 1. The number of carbonyl (C=O) groups excluding carboxylic acids is 1. The first-order chi connectivity index (χ1) is 9.00. The van der Waals surface area contributed by atoms with E-state index in [0.29, 0.717) is 0 Å². The maximum absolute atomic E-state index is 12.1. The molecule has 0 heterocycles. The summed E-state index contributed by atoms with van der Waals surface area (Å²) >= 11 is 0. The van der Waals surface area contributed by atoms with Crippen LogP contribution in [-0.4, -0.2) is 27.1 Å². The molecule has 5 nitrogen and oxygen atoms in total. The number of para-hydroxylation sites is 1. The van der Waals surface area contributed by atoms with Crippen molar-refractivity contribution in [2.45, 2.75) is 0 Å². The fourth-order valence-corrected chi connectivity index (χ4v) is 1.63. The van der Waals surface area contributed by atoms with Crippen LogP contribution in [0.5, 0.6) is 11.5 Å². The number of aromatic carboxylic acids is 1. The Balaban J connectivity index is 2.39. The van der Waals surface area contributed by atoms with Gasteiger partial charge in [-0.3, -0.25) is 4.79 Å². The number of carboxylic acid groups (broad SMARTS) is 1. The molecule has 2 rings (SSSR count). The molecule has 0 saturated heterocycles. The molecule has 0 saturated carbocycles. The Morgan fingerprint density at radius 2 is 1.42 bits per heavy atom. The normalized spacial score (nSPS) is 10.1. The molecule has 0 aromatic heterocycles. The van der Waals surface area contributed by atoms with Crippen LogP contribution in [0.15, 0.2) is 42.5 Å². The Morgan fingerprint density at radius 3 is 2.00 bits per heavy atom. The van der Waals surface area contributed by atoms with Gasteiger partial charge in [0.2, 0.25) is 0 Å². The summed E-state index contributed by atoms with van der Waals surface area (Å²) in [4.78, 5) is 22.8. The van der Waals surface area contributed by atoms with Gasteiger partial charge in [0, 0.05) is 5.56 Å². The number of benzene rings is 2. The van der Waals surface area contributed by atoms with Gasteiger partial charge in [0.15, 0.2) is 17.3 Å². The number of hydrogen-bond acceptors (Lipinski definition) is 4. The van der Waals surface area contributed by atoms with Crippen LogP contribution in [0.3, 0.4) is 0 Å². The van der Waals surface area contributed by atoms with Crippen LogP contribution in [-0.2, 0) is 0 Å². The maximum atomic E-state index is 12.1. The second kappa shape index (κ2) is 4.81. The van der Waals surface area contributed by atoms with Crippen molar-refractivity contribution in [1.29, 1.82) is 0 Å². The largest absolute Gasteiger partial charge is 0.504 e. The molecular weight excluding hydrogens is 248 g/mol. The number of phenolic OH excluding ortho intramolecular Hbond substituents is 2. The van der Waals surface area contributed by atoms with E-state index < -0.39 is 17.5 Å². The second-order valence-corrected chi connectivity index (χ2v) is 3.88. The summed E-state index contributed by atoms with van der Waals surface area (Å²) in [6.45, 7) is 0. The number of rotatable bonds is 3. The number of hydrogen-bond donors (Lipinski definition) is 3. The van der Waals surface area contributed by atoms with E-state index in [4.69, 9.17) is 5.11 Å². The molecule has 96 valence electrons. The predicted octanol–water partition coefficient (Wildman–Crippen LogP) is 2.03. The quantitative estimate of drug-likeness (QED) is 0.578. The van der Waals surface area contributed by atoms with Crippen molar-refractivity contribution in [1.82, 2.24) is 0 Å². The van der Waals surface area contributed by atoms with E-state index in [1.54, 1.807) is 0 Å². The van der Waals surface area contributed by atoms with Crippen LogP contribution in [0.25, 0.3) is 0 Å². The number of aromatic hydroxyl groups is 2. The van der Waals surface area contributed by atoms with E-state index in [0.717, 1.165) is 0 Å². The van der Waals surface area contributed by atoms with E-state index in [9.17, 15) is 19.8 Å². The molecular formula is C14H10O5. The fraction of sp³-hybridized carbons (Fsp3) is 0. The third kappa shape index (κ3) is 2.40. The summed E-state index contributed by atoms with van der Waals surface area (Å²) in [7, 11) is 0. The van der Waals surface area contributed by atoms with Gasteiger partial charge in [-0.05, 0) is 24.3 Å². The van der Waals surface area contributed by atoms with Gasteiger partial charge >= 0.3 is 5.97 Å². The van der Waals surface area contributed by atoms with Crippen LogP contribution in [0.4, 0.5) is 0 Å². The first-order valence-corrected chi connectivity index (χ1v) is 5.39. The van der Waals surface area contributed by atoms with Crippen LogP contribution in [0.1, 0.15) is 26.3 Å². The minimum atomic E-state index is -1.08. The highest BCUT2D eigenvalue weighted by Crippen LogP contribution is 2.29. The lowest BCUT2D eigenvalue weighted by Crippen LogP contribution is -2.03. The smallest absolute Gasteiger partial charge is 0.335 e. The summed E-state index contributed by atoms with van der Waals surface area (Å²) < 4.78 is 0. The highest BCUT2D eigenvalue weighted by Gasteiger charge is 2.16. The molecule has 0 unspecified atom stereocenters. The minimum absolute atomic E-state index is 0.0388. The molecule has 0 aliphatic heterocycles. The number of carboxylic acids is 1. The summed E-state index contributed by atoms with van der Waals surface area (Å²) in [5.74, 6) is -2.45. The van der Waals surface area contributed by atoms with E-state index in [1.807, 2.05) is 0 Å². The fourth-order valence-electron chi connectivity index (χ4n) is 1.63. The van der Waals surface area contributed by atoms with Gasteiger partial charge in [-0.1, -0.05) is 18.2 Å². The summed E-state index contributed by atoms with van der Waals surface area (Å²) in [6.07, 6.45) is 0.